The summed E-state index contributed by atoms with van der Waals surface area (Å²) in [5.74, 6) is 0. The van der Waals surface area contributed by atoms with Crippen molar-refractivity contribution in [3.8, 4) is 0 Å². The van der Waals surface area contributed by atoms with Crippen LogP contribution in [0.1, 0.15) is 12.8 Å². The molecule has 2 N–H and O–H groups in total. The zero-order valence-corrected chi connectivity index (χ0v) is 7.32. The van der Waals surface area contributed by atoms with E-state index in [9.17, 15) is 10.2 Å². The second kappa shape index (κ2) is 4.60. The van der Waals surface area contributed by atoms with Crippen LogP contribution in [0.2, 0.25) is 0 Å². The maximum atomic E-state index is 9.21. The normalized spacial score (nSPS) is 30.8. The molecule has 0 spiro atoms. The van der Waals surface area contributed by atoms with E-state index in [0.717, 1.165) is 19.4 Å². The summed E-state index contributed by atoms with van der Waals surface area (Å²) in [6.45, 7) is 5.80. The van der Waals surface area contributed by atoms with E-state index in [1.807, 2.05) is 6.08 Å². The second-order valence-electron chi connectivity index (χ2n) is 3.33. The predicted molar refractivity (Wildman–Crippen MR) is 47.9 cm³/mol. The van der Waals surface area contributed by atoms with Crippen molar-refractivity contribution < 1.29 is 10.2 Å². The van der Waals surface area contributed by atoms with Crippen LogP contribution in [0.15, 0.2) is 12.7 Å². The van der Waals surface area contributed by atoms with Crippen LogP contribution in [-0.4, -0.2) is 47.0 Å². The van der Waals surface area contributed by atoms with Gasteiger partial charge in [-0.15, -0.1) is 6.58 Å². The molecule has 1 saturated heterocycles. The molecule has 0 bridgehead atoms. The lowest BCUT2D eigenvalue weighted by atomic mass is 10.3. The van der Waals surface area contributed by atoms with Gasteiger partial charge in [0.1, 0.15) is 0 Å². The van der Waals surface area contributed by atoms with Crippen molar-refractivity contribution in [2.75, 3.05) is 19.6 Å². The molecule has 0 radical (unpaired) electrons. The standard InChI is InChI=1S/C9H17NO2/c1-2-3-4-5-10-6-8(11)9(12)7-10/h2,8-9,11-12H,1,3-7H2/t8-,9+. The van der Waals surface area contributed by atoms with Crippen molar-refractivity contribution in [3.05, 3.63) is 12.7 Å². The van der Waals surface area contributed by atoms with Crippen LogP contribution in [0.25, 0.3) is 0 Å². The minimum atomic E-state index is -0.547. The maximum Gasteiger partial charge on any atom is 0.0938 e. The highest BCUT2D eigenvalue weighted by atomic mass is 16.3. The first-order valence-electron chi connectivity index (χ1n) is 4.43. The molecular weight excluding hydrogens is 154 g/mol. The average Bonchev–Trinajstić information content (AvgIpc) is 2.32. The summed E-state index contributed by atoms with van der Waals surface area (Å²) in [7, 11) is 0. The van der Waals surface area contributed by atoms with Crippen molar-refractivity contribution in [1.82, 2.24) is 4.90 Å². The Bertz CT molecular complexity index is 139. The molecule has 1 aliphatic rings. The number of β-amino-alcohol motifs (C(OH)–C–C–N with tert-alkyl or cyclic N) is 2. The van der Waals surface area contributed by atoms with Crippen molar-refractivity contribution >= 4 is 0 Å². The smallest absolute Gasteiger partial charge is 0.0938 e. The van der Waals surface area contributed by atoms with Gasteiger partial charge in [0.2, 0.25) is 0 Å². The van der Waals surface area contributed by atoms with Gasteiger partial charge in [-0.05, 0) is 19.4 Å². The quantitative estimate of drug-likeness (QED) is 0.462. The van der Waals surface area contributed by atoms with Crippen LogP contribution in [0, 0.1) is 0 Å². The number of nitrogens with zero attached hydrogens (tertiary/aromatic N) is 1. The first-order chi connectivity index (χ1) is 5.74. The van der Waals surface area contributed by atoms with Gasteiger partial charge in [0, 0.05) is 13.1 Å². The summed E-state index contributed by atoms with van der Waals surface area (Å²) in [5, 5.41) is 18.4. The molecule has 1 rings (SSSR count). The van der Waals surface area contributed by atoms with Crippen molar-refractivity contribution in [1.29, 1.82) is 0 Å². The monoisotopic (exact) mass is 171 g/mol. The number of hydrogen-bond acceptors (Lipinski definition) is 3. The topological polar surface area (TPSA) is 43.7 Å². The Morgan fingerprint density at radius 1 is 1.33 bits per heavy atom. The first-order valence-corrected chi connectivity index (χ1v) is 4.43. The molecule has 0 aliphatic carbocycles. The average molecular weight is 171 g/mol. The highest BCUT2D eigenvalue weighted by Crippen LogP contribution is 2.10. The highest BCUT2D eigenvalue weighted by molar-refractivity contribution is 4.83. The van der Waals surface area contributed by atoms with Crippen LogP contribution >= 0.6 is 0 Å². The summed E-state index contributed by atoms with van der Waals surface area (Å²) in [5.41, 5.74) is 0. The van der Waals surface area contributed by atoms with Crippen LogP contribution < -0.4 is 0 Å². The van der Waals surface area contributed by atoms with E-state index in [1.165, 1.54) is 0 Å². The van der Waals surface area contributed by atoms with Crippen LogP contribution in [0.3, 0.4) is 0 Å². The number of allylic oxidation sites excluding steroid dienone is 1. The Labute approximate surface area is 73.3 Å². The third-order valence-corrected chi connectivity index (χ3v) is 2.22. The minimum absolute atomic E-state index is 0.547. The fourth-order valence-electron chi connectivity index (χ4n) is 1.49. The lowest BCUT2D eigenvalue weighted by Crippen LogP contribution is -2.22. The molecule has 1 aliphatic heterocycles. The van der Waals surface area contributed by atoms with E-state index < -0.39 is 12.2 Å². The van der Waals surface area contributed by atoms with Crippen LogP contribution in [0.4, 0.5) is 0 Å². The largest absolute Gasteiger partial charge is 0.389 e. The molecule has 70 valence electrons. The van der Waals surface area contributed by atoms with Gasteiger partial charge in [0.15, 0.2) is 0 Å². The molecule has 1 fully saturated rings. The molecule has 0 unspecified atom stereocenters. The van der Waals surface area contributed by atoms with Crippen LogP contribution in [-0.2, 0) is 0 Å². The number of rotatable bonds is 4. The number of unbranched alkanes of at least 4 members (excludes halogenated alkanes) is 1. The Kier molecular flexibility index (Phi) is 3.72. The van der Waals surface area contributed by atoms with E-state index >= 15 is 0 Å². The van der Waals surface area contributed by atoms with E-state index in [0.29, 0.717) is 13.1 Å². The number of hydrogen-bond donors (Lipinski definition) is 2. The van der Waals surface area contributed by atoms with E-state index in [-0.39, 0.29) is 0 Å². The van der Waals surface area contributed by atoms with Crippen molar-refractivity contribution in [2.45, 2.75) is 25.0 Å². The van der Waals surface area contributed by atoms with Gasteiger partial charge in [-0.1, -0.05) is 6.08 Å². The Hall–Kier alpha value is -0.380. The lowest BCUT2D eigenvalue weighted by molar-refractivity contribution is 0.0572. The molecule has 12 heavy (non-hydrogen) atoms. The SMILES string of the molecule is C=CCCCN1C[C@@H](O)[C@@H](O)C1. The lowest BCUT2D eigenvalue weighted by Gasteiger charge is -2.12. The number of aliphatic hydroxyl groups is 2. The Morgan fingerprint density at radius 2 is 1.92 bits per heavy atom. The van der Waals surface area contributed by atoms with Crippen LogP contribution in [0.5, 0.6) is 0 Å². The molecule has 1 heterocycles. The fraction of sp³-hybridized carbons (Fsp3) is 0.778. The molecule has 0 aromatic heterocycles. The third kappa shape index (κ3) is 2.59. The minimum Gasteiger partial charge on any atom is -0.389 e. The number of aliphatic hydroxyl groups excluding tert-OH is 2. The van der Waals surface area contributed by atoms with Gasteiger partial charge in [0.25, 0.3) is 0 Å². The molecule has 3 heteroatoms. The molecule has 0 amide bonds. The Morgan fingerprint density at radius 3 is 2.42 bits per heavy atom. The van der Waals surface area contributed by atoms with Gasteiger partial charge in [0.05, 0.1) is 12.2 Å². The third-order valence-electron chi connectivity index (χ3n) is 2.22. The van der Waals surface area contributed by atoms with Crippen molar-refractivity contribution in [3.63, 3.8) is 0 Å². The van der Waals surface area contributed by atoms with Gasteiger partial charge >= 0.3 is 0 Å². The molecule has 3 nitrogen and oxygen atoms in total. The first kappa shape index (κ1) is 9.71. The predicted octanol–water partition coefficient (Wildman–Crippen LogP) is -0.01000. The molecule has 2 atom stereocenters. The van der Waals surface area contributed by atoms with E-state index in [1.54, 1.807) is 0 Å². The maximum absolute atomic E-state index is 9.21. The number of likely N-dealkylation sites (tertiary alicyclic amines) is 1. The van der Waals surface area contributed by atoms with Crippen molar-refractivity contribution in [2.24, 2.45) is 0 Å². The molecule has 0 aromatic carbocycles. The summed E-state index contributed by atoms with van der Waals surface area (Å²) in [4.78, 5) is 2.08. The van der Waals surface area contributed by atoms with Gasteiger partial charge in [-0.3, -0.25) is 4.90 Å². The zero-order valence-electron chi connectivity index (χ0n) is 7.32. The molecule has 0 saturated carbocycles. The highest BCUT2D eigenvalue weighted by Gasteiger charge is 2.28. The summed E-state index contributed by atoms with van der Waals surface area (Å²) >= 11 is 0. The molecular formula is C9H17NO2. The summed E-state index contributed by atoms with van der Waals surface area (Å²) in [6, 6.07) is 0. The summed E-state index contributed by atoms with van der Waals surface area (Å²) in [6.07, 6.45) is 2.86. The molecule has 0 aromatic rings. The Balaban J connectivity index is 2.14. The van der Waals surface area contributed by atoms with E-state index in [2.05, 4.69) is 11.5 Å². The second-order valence-corrected chi connectivity index (χ2v) is 3.33. The zero-order chi connectivity index (χ0) is 8.97. The van der Waals surface area contributed by atoms with Gasteiger partial charge in [-0.25, -0.2) is 0 Å². The van der Waals surface area contributed by atoms with Gasteiger partial charge < -0.3 is 10.2 Å². The van der Waals surface area contributed by atoms with Gasteiger partial charge in [-0.2, -0.15) is 0 Å². The summed E-state index contributed by atoms with van der Waals surface area (Å²) < 4.78 is 0. The van der Waals surface area contributed by atoms with E-state index in [4.69, 9.17) is 0 Å². The fourth-order valence-corrected chi connectivity index (χ4v) is 1.49.